The first-order chi connectivity index (χ1) is 9.80. The van der Waals surface area contributed by atoms with Gasteiger partial charge >= 0.3 is 0 Å². The average Bonchev–Trinajstić information content (AvgIpc) is 2.53. The number of hydrogen-bond acceptors (Lipinski definition) is 4. The first-order valence-electron chi connectivity index (χ1n) is 6.65. The number of aryl methyl sites for hydroxylation is 1. The van der Waals surface area contributed by atoms with Crippen LogP contribution in [0.25, 0.3) is 11.1 Å². The fraction of sp³-hybridized carbons (Fsp3) is 0.312. The molecule has 1 aromatic heterocycles. The maximum atomic E-state index is 5.54. The van der Waals surface area contributed by atoms with E-state index in [4.69, 9.17) is 14.2 Å². The Balaban J connectivity index is 2.03. The Morgan fingerprint density at radius 2 is 1.75 bits per heavy atom. The summed E-state index contributed by atoms with van der Waals surface area (Å²) in [5, 5.41) is 0. The van der Waals surface area contributed by atoms with Crippen molar-refractivity contribution in [1.82, 2.24) is 4.98 Å². The molecule has 0 saturated carbocycles. The van der Waals surface area contributed by atoms with Gasteiger partial charge in [-0.05, 0) is 36.6 Å². The SMILES string of the molecule is COc1cc(OC)cc(-c2cnc3c(c2)CCCO3)c1. The van der Waals surface area contributed by atoms with Gasteiger partial charge in [0, 0.05) is 23.4 Å². The van der Waals surface area contributed by atoms with Crippen LogP contribution in [0.1, 0.15) is 12.0 Å². The van der Waals surface area contributed by atoms with Crippen LogP contribution in [0.2, 0.25) is 0 Å². The van der Waals surface area contributed by atoms with Gasteiger partial charge in [-0.1, -0.05) is 0 Å². The van der Waals surface area contributed by atoms with Crippen molar-refractivity contribution in [2.75, 3.05) is 20.8 Å². The molecule has 0 unspecified atom stereocenters. The number of benzene rings is 1. The minimum absolute atomic E-state index is 0.756. The highest BCUT2D eigenvalue weighted by Gasteiger charge is 2.13. The van der Waals surface area contributed by atoms with E-state index in [1.165, 1.54) is 0 Å². The van der Waals surface area contributed by atoms with Crippen LogP contribution in [0.3, 0.4) is 0 Å². The zero-order valence-electron chi connectivity index (χ0n) is 11.7. The zero-order valence-corrected chi connectivity index (χ0v) is 11.7. The number of fused-ring (bicyclic) bond motifs is 1. The molecular formula is C16H17NO3. The normalized spacial score (nSPS) is 13.3. The lowest BCUT2D eigenvalue weighted by Crippen LogP contribution is -2.09. The number of aromatic nitrogens is 1. The van der Waals surface area contributed by atoms with Crippen molar-refractivity contribution in [3.63, 3.8) is 0 Å². The molecule has 104 valence electrons. The monoisotopic (exact) mass is 271 g/mol. The van der Waals surface area contributed by atoms with Crippen molar-refractivity contribution in [1.29, 1.82) is 0 Å². The first kappa shape index (κ1) is 12.8. The summed E-state index contributed by atoms with van der Waals surface area (Å²) in [6, 6.07) is 7.96. The summed E-state index contributed by atoms with van der Waals surface area (Å²) in [4.78, 5) is 4.40. The van der Waals surface area contributed by atoms with Crippen LogP contribution in [0.5, 0.6) is 17.4 Å². The average molecular weight is 271 g/mol. The summed E-state index contributed by atoms with van der Waals surface area (Å²) in [5.74, 6) is 2.30. The number of pyridine rings is 1. The third-order valence-electron chi connectivity index (χ3n) is 3.44. The van der Waals surface area contributed by atoms with Crippen molar-refractivity contribution >= 4 is 0 Å². The van der Waals surface area contributed by atoms with Gasteiger partial charge in [-0.3, -0.25) is 0 Å². The Hall–Kier alpha value is -2.23. The molecule has 0 aliphatic carbocycles. The Morgan fingerprint density at radius 3 is 2.45 bits per heavy atom. The molecule has 20 heavy (non-hydrogen) atoms. The zero-order chi connectivity index (χ0) is 13.9. The lowest BCUT2D eigenvalue weighted by molar-refractivity contribution is 0.276. The number of ether oxygens (including phenoxy) is 3. The molecule has 4 nitrogen and oxygen atoms in total. The van der Waals surface area contributed by atoms with Crippen LogP contribution in [0, 0.1) is 0 Å². The second-order valence-corrected chi connectivity index (χ2v) is 4.74. The Morgan fingerprint density at radius 1 is 1.00 bits per heavy atom. The van der Waals surface area contributed by atoms with Gasteiger partial charge in [-0.25, -0.2) is 4.98 Å². The smallest absolute Gasteiger partial charge is 0.216 e. The summed E-state index contributed by atoms with van der Waals surface area (Å²) < 4.78 is 16.2. The van der Waals surface area contributed by atoms with Crippen molar-refractivity contribution in [3.05, 3.63) is 36.0 Å². The molecule has 0 radical (unpaired) electrons. The van der Waals surface area contributed by atoms with E-state index in [2.05, 4.69) is 11.1 Å². The Kier molecular flexibility index (Phi) is 3.46. The maximum Gasteiger partial charge on any atom is 0.216 e. The van der Waals surface area contributed by atoms with E-state index in [9.17, 15) is 0 Å². The lowest BCUT2D eigenvalue weighted by atomic mass is 10.0. The van der Waals surface area contributed by atoms with Gasteiger partial charge in [-0.15, -0.1) is 0 Å². The molecule has 0 bridgehead atoms. The molecule has 2 aromatic rings. The second kappa shape index (κ2) is 5.41. The number of hydrogen-bond donors (Lipinski definition) is 0. The van der Waals surface area contributed by atoms with Crippen LogP contribution < -0.4 is 14.2 Å². The third kappa shape index (κ3) is 2.41. The van der Waals surface area contributed by atoms with Gasteiger partial charge in [0.2, 0.25) is 5.88 Å². The molecule has 1 aliphatic rings. The fourth-order valence-electron chi connectivity index (χ4n) is 2.37. The molecule has 0 amide bonds. The van der Waals surface area contributed by atoms with Crippen LogP contribution in [0.15, 0.2) is 30.5 Å². The lowest BCUT2D eigenvalue weighted by Gasteiger charge is -2.17. The van der Waals surface area contributed by atoms with Gasteiger partial charge in [0.15, 0.2) is 0 Å². The summed E-state index contributed by atoms with van der Waals surface area (Å²) in [7, 11) is 3.30. The quantitative estimate of drug-likeness (QED) is 0.860. The van der Waals surface area contributed by atoms with E-state index >= 15 is 0 Å². The number of nitrogens with zero attached hydrogens (tertiary/aromatic N) is 1. The molecule has 0 saturated heterocycles. The molecule has 2 heterocycles. The van der Waals surface area contributed by atoms with Gasteiger partial charge in [0.05, 0.1) is 20.8 Å². The summed E-state index contributed by atoms with van der Waals surface area (Å²) in [6.45, 7) is 0.756. The largest absolute Gasteiger partial charge is 0.497 e. The van der Waals surface area contributed by atoms with E-state index in [-0.39, 0.29) is 0 Å². The Labute approximate surface area is 118 Å². The van der Waals surface area contributed by atoms with Crippen molar-refractivity contribution in [3.8, 4) is 28.5 Å². The van der Waals surface area contributed by atoms with Crippen LogP contribution in [0.4, 0.5) is 0 Å². The topological polar surface area (TPSA) is 40.6 Å². The van der Waals surface area contributed by atoms with Crippen LogP contribution >= 0.6 is 0 Å². The second-order valence-electron chi connectivity index (χ2n) is 4.74. The van der Waals surface area contributed by atoms with Crippen LogP contribution in [-0.2, 0) is 6.42 Å². The highest BCUT2D eigenvalue weighted by Crippen LogP contribution is 2.32. The first-order valence-corrected chi connectivity index (χ1v) is 6.65. The van der Waals surface area contributed by atoms with E-state index in [0.717, 1.165) is 53.5 Å². The van der Waals surface area contributed by atoms with Crippen molar-refractivity contribution in [2.45, 2.75) is 12.8 Å². The fourth-order valence-corrected chi connectivity index (χ4v) is 2.37. The minimum Gasteiger partial charge on any atom is -0.497 e. The Bertz CT molecular complexity index is 603. The van der Waals surface area contributed by atoms with Gasteiger partial charge in [0.1, 0.15) is 11.5 Å². The highest BCUT2D eigenvalue weighted by molar-refractivity contribution is 5.67. The van der Waals surface area contributed by atoms with E-state index in [1.54, 1.807) is 14.2 Å². The predicted molar refractivity (Wildman–Crippen MR) is 76.6 cm³/mol. The molecule has 0 atom stereocenters. The van der Waals surface area contributed by atoms with Crippen LogP contribution in [-0.4, -0.2) is 25.8 Å². The summed E-state index contributed by atoms with van der Waals surface area (Å²) in [6.07, 6.45) is 3.88. The maximum absolute atomic E-state index is 5.54. The minimum atomic E-state index is 0.756. The summed E-state index contributed by atoms with van der Waals surface area (Å²) in [5.41, 5.74) is 3.24. The molecule has 3 rings (SSSR count). The van der Waals surface area contributed by atoms with Crippen molar-refractivity contribution < 1.29 is 14.2 Å². The standard InChI is InChI=1S/C16H17NO3/c1-18-14-7-12(8-15(9-14)19-2)13-6-11-4-3-5-20-16(11)17-10-13/h6-10H,3-5H2,1-2H3. The van der Waals surface area contributed by atoms with E-state index in [1.807, 2.05) is 24.4 Å². The summed E-state index contributed by atoms with van der Waals surface area (Å²) >= 11 is 0. The predicted octanol–water partition coefficient (Wildman–Crippen LogP) is 3.09. The van der Waals surface area contributed by atoms with Gasteiger partial charge in [-0.2, -0.15) is 0 Å². The molecule has 4 heteroatoms. The highest BCUT2D eigenvalue weighted by atomic mass is 16.5. The van der Waals surface area contributed by atoms with E-state index < -0.39 is 0 Å². The molecular weight excluding hydrogens is 254 g/mol. The third-order valence-corrected chi connectivity index (χ3v) is 3.44. The number of rotatable bonds is 3. The van der Waals surface area contributed by atoms with Crippen molar-refractivity contribution in [2.24, 2.45) is 0 Å². The van der Waals surface area contributed by atoms with Gasteiger partial charge in [0.25, 0.3) is 0 Å². The molecule has 1 aromatic carbocycles. The molecule has 0 spiro atoms. The molecule has 1 aliphatic heterocycles. The molecule has 0 fully saturated rings. The van der Waals surface area contributed by atoms with Gasteiger partial charge < -0.3 is 14.2 Å². The molecule has 0 N–H and O–H groups in total. The van der Waals surface area contributed by atoms with E-state index in [0.29, 0.717) is 0 Å². The number of methoxy groups -OCH3 is 2.